The summed E-state index contributed by atoms with van der Waals surface area (Å²) < 4.78 is 1.92. The fourth-order valence-electron chi connectivity index (χ4n) is 2.12. The molecule has 0 radical (unpaired) electrons. The second-order valence-electron chi connectivity index (χ2n) is 6.63. The van der Waals surface area contributed by atoms with Gasteiger partial charge in [0.2, 0.25) is 0 Å². The van der Waals surface area contributed by atoms with E-state index in [2.05, 4.69) is 73.7 Å². The molecule has 0 aliphatic rings. The van der Waals surface area contributed by atoms with Crippen LogP contribution >= 0.6 is 0 Å². The molecule has 1 heterocycles. The zero-order valence-electron chi connectivity index (χ0n) is 13.5. The van der Waals surface area contributed by atoms with Crippen molar-refractivity contribution in [1.29, 1.82) is 0 Å². The van der Waals surface area contributed by atoms with Gasteiger partial charge in [-0.15, -0.1) is 5.10 Å². The maximum atomic E-state index is 4.22. The fourth-order valence-corrected chi connectivity index (χ4v) is 2.12. The third-order valence-electron chi connectivity index (χ3n) is 3.57. The molecule has 1 N–H and O–H groups in total. The summed E-state index contributed by atoms with van der Waals surface area (Å²) in [5, 5.41) is 11.9. The van der Waals surface area contributed by atoms with Crippen molar-refractivity contribution < 1.29 is 0 Å². The van der Waals surface area contributed by atoms with Gasteiger partial charge in [0.15, 0.2) is 0 Å². The van der Waals surface area contributed by atoms with E-state index >= 15 is 0 Å². The van der Waals surface area contributed by atoms with Crippen molar-refractivity contribution in [1.82, 2.24) is 20.3 Å². The predicted octanol–water partition coefficient (Wildman–Crippen LogP) is 3.14. The van der Waals surface area contributed by atoms with Crippen molar-refractivity contribution in [3.05, 3.63) is 47.8 Å². The Morgan fingerprint density at radius 3 is 2.52 bits per heavy atom. The summed E-state index contributed by atoms with van der Waals surface area (Å²) in [5.41, 5.74) is 2.38. The van der Waals surface area contributed by atoms with Gasteiger partial charge in [0, 0.05) is 12.6 Å². The van der Waals surface area contributed by atoms with Gasteiger partial charge in [-0.25, -0.2) is 4.68 Å². The summed E-state index contributed by atoms with van der Waals surface area (Å²) in [6.07, 6.45) is 4.25. The maximum Gasteiger partial charge on any atom is 0.0965 e. The van der Waals surface area contributed by atoms with E-state index in [1.807, 2.05) is 10.9 Å². The number of nitrogens with zero attached hydrogens (tertiary/aromatic N) is 3. The molecule has 1 aromatic heterocycles. The number of hydrogen-bond acceptors (Lipinski definition) is 3. The lowest BCUT2D eigenvalue weighted by Crippen LogP contribution is -2.26. The molecule has 0 saturated heterocycles. The van der Waals surface area contributed by atoms with Crippen molar-refractivity contribution in [3.63, 3.8) is 0 Å². The first-order valence-corrected chi connectivity index (χ1v) is 7.64. The van der Waals surface area contributed by atoms with E-state index in [0.29, 0.717) is 6.04 Å². The monoisotopic (exact) mass is 286 g/mol. The van der Waals surface area contributed by atoms with Crippen LogP contribution in [0.3, 0.4) is 0 Å². The summed E-state index contributed by atoms with van der Waals surface area (Å²) in [7, 11) is 0. The predicted molar refractivity (Wildman–Crippen MR) is 86.1 cm³/mol. The second kappa shape index (κ2) is 6.85. The van der Waals surface area contributed by atoms with E-state index in [1.165, 1.54) is 5.56 Å². The molecule has 0 spiro atoms. The molecular formula is C17H26N4. The van der Waals surface area contributed by atoms with E-state index in [0.717, 1.165) is 25.1 Å². The average Bonchev–Trinajstić information content (AvgIpc) is 2.93. The van der Waals surface area contributed by atoms with Gasteiger partial charge in [-0.3, -0.25) is 0 Å². The van der Waals surface area contributed by atoms with Gasteiger partial charge in [0.25, 0.3) is 0 Å². The number of aromatic nitrogens is 3. The first-order valence-electron chi connectivity index (χ1n) is 7.64. The Bertz CT molecular complexity index is 539. The topological polar surface area (TPSA) is 42.7 Å². The molecule has 4 heteroatoms. The zero-order valence-corrected chi connectivity index (χ0v) is 13.5. The lowest BCUT2D eigenvalue weighted by atomic mass is 10.1. The van der Waals surface area contributed by atoms with Crippen molar-refractivity contribution in [2.24, 2.45) is 0 Å². The minimum Gasteiger partial charge on any atom is -0.309 e. The highest BCUT2D eigenvalue weighted by Gasteiger charge is 2.15. The van der Waals surface area contributed by atoms with E-state index in [9.17, 15) is 0 Å². The minimum absolute atomic E-state index is 0.00975. The van der Waals surface area contributed by atoms with Crippen LogP contribution in [0.2, 0.25) is 0 Å². The first-order chi connectivity index (χ1) is 9.95. The molecule has 0 saturated carbocycles. The summed E-state index contributed by atoms with van der Waals surface area (Å²) in [6.45, 7) is 9.37. The van der Waals surface area contributed by atoms with Crippen molar-refractivity contribution in [2.75, 3.05) is 0 Å². The Labute approximate surface area is 127 Å². The van der Waals surface area contributed by atoms with Gasteiger partial charge in [-0.1, -0.05) is 35.5 Å². The van der Waals surface area contributed by atoms with Crippen molar-refractivity contribution in [2.45, 2.75) is 58.7 Å². The number of rotatable bonds is 6. The van der Waals surface area contributed by atoms with Crippen LogP contribution in [0, 0.1) is 0 Å². The van der Waals surface area contributed by atoms with Crippen LogP contribution in [0.1, 0.15) is 45.4 Å². The minimum atomic E-state index is -0.00975. The third kappa shape index (κ3) is 4.97. The van der Waals surface area contributed by atoms with Gasteiger partial charge < -0.3 is 5.32 Å². The van der Waals surface area contributed by atoms with E-state index in [1.54, 1.807) is 0 Å². The molecule has 1 unspecified atom stereocenters. The van der Waals surface area contributed by atoms with Gasteiger partial charge >= 0.3 is 0 Å². The fraction of sp³-hybridized carbons (Fsp3) is 0.529. The van der Waals surface area contributed by atoms with Crippen LogP contribution in [0.4, 0.5) is 0 Å². The van der Waals surface area contributed by atoms with Gasteiger partial charge in [0.05, 0.1) is 17.4 Å². The lowest BCUT2D eigenvalue weighted by Gasteiger charge is -2.17. The number of nitrogens with one attached hydrogen (secondary N) is 1. The third-order valence-corrected chi connectivity index (χ3v) is 3.57. The summed E-state index contributed by atoms with van der Waals surface area (Å²) in [4.78, 5) is 0. The highest BCUT2D eigenvalue weighted by Crippen LogP contribution is 2.12. The Hall–Kier alpha value is -1.68. The summed E-state index contributed by atoms with van der Waals surface area (Å²) in [6, 6.07) is 11.1. The van der Waals surface area contributed by atoms with E-state index in [-0.39, 0.29) is 5.54 Å². The lowest BCUT2D eigenvalue weighted by molar-refractivity contribution is 0.347. The zero-order chi connectivity index (χ0) is 15.3. The molecule has 0 bridgehead atoms. The number of benzene rings is 1. The van der Waals surface area contributed by atoms with Crippen LogP contribution in [0.5, 0.6) is 0 Å². The molecule has 2 rings (SSSR count). The highest BCUT2D eigenvalue weighted by molar-refractivity contribution is 5.14. The van der Waals surface area contributed by atoms with Crippen LogP contribution in [-0.4, -0.2) is 21.0 Å². The Kier molecular flexibility index (Phi) is 5.12. The molecule has 114 valence electrons. The van der Waals surface area contributed by atoms with Crippen LogP contribution < -0.4 is 5.32 Å². The van der Waals surface area contributed by atoms with Crippen LogP contribution in [0.25, 0.3) is 0 Å². The normalized spacial score (nSPS) is 13.3. The van der Waals surface area contributed by atoms with Crippen LogP contribution in [0.15, 0.2) is 36.5 Å². The Morgan fingerprint density at radius 1 is 1.19 bits per heavy atom. The molecule has 1 aromatic carbocycles. The van der Waals surface area contributed by atoms with Crippen molar-refractivity contribution >= 4 is 0 Å². The molecule has 1 atom stereocenters. The molecule has 21 heavy (non-hydrogen) atoms. The van der Waals surface area contributed by atoms with Gasteiger partial charge in [0.1, 0.15) is 0 Å². The smallest absolute Gasteiger partial charge is 0.0965 e. The molecular weight excluding hydrogens is 260 g/mol. The quantitative estimate of drug-likeness (QED) is 0.887. The molecule has 0 aliphatic heterocycles. The standard InChI is InChI=1S/C17H26N4/c1-14(10-11-15-8-6-5-7-9-15)18-12-16-13-21(20-19-16)17(2,3)4/h5-9,13-14,18H,10-12H2,1-4H3. The van der Waals surface area contributed by atoms with Gasteiger partial charge in [-0.05, 0) is 46.1 Å². The van der Waals surface area contributed by atoms with Crippen molar-refractivity contribution in [3.8, 4) is 0 Å². The van der Waals surface area contributed by atoms with Crippen LogP contribution in [-0.2, 0) is 18.5 Å². The first kappa shape index (κ1) is 15.7. The van der Waals surface area contributed by atoms with Gasteiger partial charge in [-0.2, -0.15) is 0 Å². The Morgan fingerprint density at radius 2 is 1.90 bits per heavy atom. The largest absolute Gasteiger partial charge is 0.309 e. The number of aryl methyl sites for hydroxylation is 1. The molecule has 2 aromatic rings. The summed E-state index contributed by atoms with van der Waals surface area (Å²) in [5.74, 6) is 0. The van der Waals surface area contributed by atoms with E-state index < -0.39 is 0 Å². The molecule has 0 fully saturated rings. The highest BCUT2D eigenvalue weighted by atomic mass is 15.4. The van der Waals surface area contributed by atoms with E-state index in [4.69, 9.17) is 0 Å². The Balaban J connectivity index is 1.76. The molecule has 4 nitrogen and oxygen atoms in total. The maximum absolute atomic E-state index is 4.22. The SMILES string of the molecule is CC(CCc1ccccc1)NCc1cn(C(C)(C)C)nn1. The number of hydrogen-bond donors (Lipinski definition) is 1. The molecule has 0 aliphatic carbocycles. The second-order valence-corrected chi connectivity index (χ2v) is 6.63. The summed E-state index contributed by atoms with van der Waals surface area (Å²) >= 11 is 0. The average molecular weight is 286 g/mol. The molecule has 0 amide bonds.